The summed E-state index contributed by atoms with van der Waals surface area (Å²) in [5.41, 5.74) is 4.83. The first-order valence-electron chi connectivity index (χ1n) is 11.6. The second kappa shape index (κ2) is 9.85. The quantitative estimate of drug-likeness (QED) is 0.545. The molecule has 1 aliphatic heterocycles. The van der Waals surface area contributed by atoms with E-state index in [9.17, 15) is 10.2 Å². The SMILES string of the molecule is CCN(CC)c1ccc(-c2nc3c(n2C)CCN(C[C@H](O)c2ccc(OC)cc2)C3)c(O)c1. The summed E-state index contributed by atoms with van der Waals surface area (Å²) >= 11 is 0. The summed E-state index contributed by atoms with van der Waals surface area (Å²) in [5.74, 6) is 1.81. The van der Waals surface area contributed by atoms with Crippen molar-refractivity contribution in [1.82, 2.24) is 14.5 Å². The third-order valence-corrected chi connectivity index (χ3v) is 6.62. The summed E-state index contributed by atoms with van der Waals surface area (Å²) in [6, 6.07) is 13.4. The Bertz CT molecular complexity index is 1090. The lowest BCUT2D eigenvalue weighted by molar-refractivity contribution is 0.104. The van der Waals surface area contributed by atoms with E-state index in [1.807, 2.05) is 49.5 Å². The zero-order valence-electron chi connectivity index (χ0n) is 20.0. The Morgan fingerprint density at radius 1 is 1.12 bits per heavy atom. The summed E-state index contributed by atoms with van der Waals surface area (Å²) in [5, 5.41) is 21.5. The number of hydrogen-bond acceptors (Lipinski definition) is 6. The largest absolute Gasteiger partial charge is 0.507 e. The van der Waals surface area contributed by atoms with Gasteiger partial charge in [0.25, 0.3) is 0 Å². The molecule has 0 fully saturated rings. The van der Waals surface area contributed by atoms with E-state index in [0.29, 0.717) is 13.1 Å². The van der Waals surface area contributed by atoms with Crippen LogP contribution in [0, 0.1) is 0 Å². The Kier molecular flexibility index (Phi) is 6.91. The number of aromatic nitrogens is 2. The van der Waals surface area contributed by atoms with Crippen LogP contribution in [0.4, 0.5) is 5.69 Å². The van der Waals surface area contributed by atoms with Crippen LogP contribution >= 0.6 is 0 Å². The number of fused-ring (bicyclic) bond motifs is 1. The molecule has 2 heterocycles. The van der Waals surface area contributed by atoms with Gasteiger partial charge in [-0.05, 0) is 43.7 Å². The molecule has 7 heteroatoms. The molecule has 7 nitrogen and oxygen atoms in total. The van der Waals surface area contributed by atoms with E-state index in [1.165, 1.54) is 5.69 Å². The predicted molar refractivity (Wildman–Crippen MR) is 131 cm³/mol. The summed E-state index contributed by atoms with van der Waals surface area (Å²) in [4.78, 5) is 9.34. The van der Waals surface area contributed by atoms with Crippen LogP contribution in [0.5, 0.6) is 11.5 Å². The topological polar surface area (TPSA) is 74.0 Å². The smallest absolute Gasteiger partial charge is 0.144 e. The number of benzene rings is 2. The number of ether oxygens (including phenoxy) is 1. The minimum atomic E-state index is -0.572. The highest BCUT2D eigenvalue weighted by molar-refractivity contribution is 5.69. The lowest BCUT2D eigenvalue weighted by atomic mass is 10.1. The minimum Gasteiger partial charge on any atom is -0.507 e. The Labute approximate surface area is 195 Å². The molecule has 2 aromatic carbocycles. The van der Waals surface area contributed by atoms with Crippen molar-refractivity contribution in [2.75, 3.05) is 38.2 Å². The molecule has 0 saturated carbocycles. The summed E-state index contributed by atoms with van der Waals surface area (Å²) < 4.78 is 7.30. The molecule has 0 unspecified atom stereocenters. The van der Waals surface area contributed by atoms with Gasteiger partial charge in [0.1, 0.15) is 17.3 Å². The van der Waals surface area contributed by atoms with Crippen molar-refractivity contribution in [3.8, 4) is 22.9 Å². The van der Waals surface area contributed by atoms with Gasteiger partial charge in [0, 0.05) is 63.6 Å². The molecule has 1 aliphatic rings. The van der Waals surface area contributed by atoms with Crippen LogP contribution in [-0.4, -0.2) is 58.0 Å². The number of phenolic OH excluding ortho intramolecular Hbond substituents is 1. The molecule has 2 N–H and O–H groups in total. The maximum Gasteiger partial charge on any atom is 0.144 e. The number of β-amino-alcohol motifs (C(OH)–C–C–N with tert-alkyl or cyclic N) is 1. The zero-order chi connectivity index (χ0) is 23.5. The molecular weight excluding hydrogens is 416 g/mol. The molecule has 4 rings (SSSR count). The Hall–Kier alpha value is -3.03. The fraction of sp³-hybridized carbons (Fsp3) is 0.423. The highest BCUT2D eigenvalue weighted by Gasteiger charge is 2.26. The van der Waals surface area contributed by atoms with Crippen LogP contribution in [0.2, 0.25) is 0 Å². The van der Waals surface area contributed by atoms with Crippen LogP contribution in [-0.2, 0) is 20.0 Å². The lowest BCUT2D eigenvalue weighted by Crippen LogP contribution is -2.34. The van der Waals surface area contributed by atoms with Gasteiger partial charge < -0.3 is 24.4 Å². The van der Waals surface area contributed by atoms with Crippen molar-refractivity contribution in [2.45, 2.75) is 32.9 Å². The molecule has 0 aliphatic carbocycles. The van der Waals surface area contributed by atoms with Gasteiger partial charge in [-0.25, -0.2) is 4.98 Å². The van der Waals surface area contributed by atoms with Gasteiger partial charge in [-0.15, -0.1) is 0 Å². The van der Waals surface area contributed by atoms with Gasteiger partial charge in [0.15, 0.2) is 0 Å². The number of hydrogen-bond donors (Lipinski definition) is 2. The highest BCUT2D eigenvalue weighted by Crippen LogP contribution is 2.34. The van der Waals surface area contributed by atoms with Crippen LogP contribution < -0.4 is 9.64 Å². The van der Waals surface area contributed by atoms with Crippen molar-refractivity contribution in [1.29, 1.82) is 0 Å². The van der Waals surface area contributed by atoms with E-state index in [-0.39, 0.29) is 5.75 Å². The fourth-order valence-electron chi connectivity index (χ4n) is 4.65. The van der Waals surface area contributed by atoms with Crippen LogP contribution in [0.1, 0.15) is 36.9 Å². The molecule has 3 aromatic rings. The highest BCUT2D eigenvalue weighted by atomic mass is 16.5. The van der Waals surface area contributed by atoms with Crippen LogP contribution in [0.25, 0.3) is 11.4 Å². The van der Waals surface area contributed by atoms with Crippen molar-refractivity contribution in [2.24, 2.45) is 7.05 Å². The number of methoxy groups -OCH3 is 1. The Morgan fingerprint density at radius 3 is 2.48 bits per heavy atom. The van der Waals surface area contributed by atoms with Gasteiger partial charge in [0.2, 0.25) is 0 Å². The predicted octanol–water partition coefficient (Wildman–Crippen LogP) is 3.74. The molecule has 1 aromatic heterocycles. The van der Waals surface area contributed by atoms with E-state index in [0.717, 1.165) is 60.1 Å². The molecule has 176 valence electrons. The molecule has 0 radical (unpaired) electrons. The molecule has 33 heavy (non-hydrogen) atoms. The maximum absolute atomic E-state index is 10.8. The first kappa shape index (κ1) is 23.1. The van der Waals surface area contributed by atoms with E-state index in [2.05, 4.69) is 28.2 Å². The number of imidazole rings is 1. The zero-order valence-corrected chi connectivity index (χ0v) is 20.0. The maximum atomic E-state index is 10.8. The number of nitrogens with zero attached hydrogens (tertiary/aromatic N) is 4. The minimum absolute atomic E-state index is 0.247. The normalized spacial score (nSPS) is 14.7. The molecule has 0 saturated heterocycles. The third-order valence-electron chi connectivity index (χ3n) is 6.62. The van der Waals surface area contributed by atoms with E-state index < -0.39 is 6.10 Å². The van der Waals surface area contributed by atoms with Crippen molar-refractivity contribution in [3.05, 3.63) is 59.4 Å². The number of aromatic hydroxyl groups is 1. The second-order valence-corrected chi connectivity index (χ2v) is 8.54. The number of aliphatic hydroxyl groups is 1. The summed E-state index contributed by atoms with van der Waals surface area (Å²) in [6.45, 7) is 8.08. The average Bonchev–Trinajstić information content (AvgIpc) is 3.15. The second-order valence-electron chi connectivity index (χ2n) is 8.54. The number of anilines is 1. The van der Waals surface area contributed by atoms with Crippen molar-refractivity contribution >= 4 is 5.69 Å². The van der Waals surface area contributed by atoms with Gasteiger partial charge in [-0.1, -0.05) is 12.1 Å². The molecule has 0 amide bonds. The van der Waals surface area contributed by atoms with E-state index in [1.54, 1.807) is 7.11 Å². The monoisotopic (exact) mass is 450 g/mol. The summed E-state index contributed by atoms with van der Waals surface area (Å²) in [7, 11) is 3.65. The van der Waals surface area contributed by atoms with Gasteiger partial charge in [0.05, 0.1) is 24.5 Å². The Morgan fingerprint density at radius 2 is 1.85 bits per heavy atom. The number of aliphatic hydroxyl groups excluding tert-OH is 1. The van der Waals surface area contributed by atoms with Crippen molar-refractivity contribution in [3.63, 3.8) is 0 Å². The first-order valence-corrected chi connectivity index (χ1v) is 11.6. The molecular formula is C26H34N4O3. The standard InChI is InChI=1S/C26H34N4O3/c1-5-30(6-2)19-9-12-21(24(31)15-19)26-27-22-16-29(14-13-23(22)28(26)3)17-25(32)18-7-10-20(33-4)11-8-18/h7-12,15,25,31-32H,5-6,13-14,16-17H2,1-4H3/t25-/m0/s1. The van der Waals surface area contributed by atoms with Gasteiger partial charge >= 0.3 is 0 Å². The van der Waals surface area contributed by atoms with E-state index in [4.69, 9.17) is 9.72 Å². The number of rotatable bonds is 8. The average molecular weight is 451 g/mol. The van der Waals surface area contributed by atoms with Gasteiger partial charge in [-0.2, -0.15) is 0 Å². The third kappa shape index (κ3) is 4.70. The van der Waals surface area contributed by atoms with Crippen LogP contribution in [0.15, 0.2) is 42.5 Å². The van der Waals surface area contributed by atoms with Crippen molar-refractivity contribution < 1.29 is 14.9 Å². The molecule has 1 atom stereocenters. The summed E-state index contributed by atoms with van der Waals surface area (Å²) in [6.07, 6.45) is 0.282. The fourth-order valence-corrected chi connectivity index (χ4v) is 4.65. The molecule has 0 bridgehead atoms. The Balaban J connectivity index is 1.51. The molecule has 0 spiro atoms. The van der Waals surface area contributed by atoms with Gasteiger partial charge in [-0.3, -0.25) is 4.90 Å². The number of phenols is 1. The van der Waals surface area contributed by atoms with Crippen LogP contribution in [0.3, 0.4) is 0 Å². The first-order chi connectivity index (χ1) is 15.9. The van der Waals surface area contributed by atoms with E-state index >= 15 is 0 Å². The lowest BCUT2D eigenvalue weighted by Gasteiger charge is -2.28.